The van der Waals surface area contributed by atoms with E-state index in [4.69, 9.17) is 0 Å². The molecule has 0 bridgehead atoms. The van der Waals surface area contributed by atoms with Crippen LogP contribution in [0.1, 0.15) is 38.3 Å². The monoisotopic (exact) mass is 262 g/mol. The number of benzene rings is 1. The average molecular weight is 262 g/mol. The van der Waals surface area contributed by atoms with Crippen LogP contribution in [0.2, 0.25) is 0 Å². The summed E-state index contributed by atoms with van der Waals surface area (Å²) < 4.78 is 0. The van der Waals surface area contributed by atoms with Crippen LogP contribution in [0.5, 0.6) is 5.75 Å². The van der Waals surface area contributed by atoms with Crippen molar-refractivity contribution in [2.24, 2.45) is 5.92 Å². The van der Waals surface area contributed by atoms with Gasteiger partial charge in [-0.25, -0.2) is 0 Å². The molecule has 1 amide bonds. The van der Waals surface area contributed by atoms with Gasteiger partial charge >= 0.3 is 0 Å². The lowest BCUT2D eigenvalue weighted by Crippen LogP contribution is -2.48. The molecule has 1 saturated heterocycles. The molecular weight excluding hydrogens is 240 g/mol. The first-order valence-corrected chi connectivity index (χ1v) is 6.89. The fourth-order valence-corrected chi connectivity index (χ4v) is 2.50. The number of hydrogen-bond acceptors (Lipinski definition) is 3. The second-order valence-corrected chi connectivity index (χ2v) is 5.46. The topological polar surface area (TPSA) is 61.4 Å². The number of amides is 1. The summed E-state index contributed by atoms with van der Waals surface area (Å²) >= 11 is 0. The van der Waals surface area contributed by atoms with Gasteiger partial charge < -0.3 is 15.7 Å². The van der Waals surface area contributed by atoms with E-state index in [1.165, 1.54) is 0 Å². The number of rotatable bonds is 3. The number of piperidine rings is 1. The average Bonchev–Trinajstić information content (AvgIpc) is 2.38. The lowest BCUT2D eigenvalue weighted by atomic mass is 9.93. The van der Waals surface area contributed by atoms with Crippen LogP contribution in [0, 0.1) is 5.92 Å². The molecule has 3 unspecified atom stereocenters. The summed E-state index contributed by atoms with van der Waals surface area (Å²) in [4.78, 5) is 12.2. The third-order valence-electron chi connectivity index (χ3n) is 3.71. The van der Waals surface area contributed by atoms with Crippen LogP contribution in [0.3, 0.4) is 0 Å². The van der Waals surface area contributed by atoms with E-state index < -0.39 is 0 Å². The first-order chi connectivity index (χ1) is 9.06. The number of carbonyl (C=O) groups excluding carboxylic acids is 1. The molecular formula is C15H22N2O2. The van der Waals surface area contributed by atoms with Gasteiger partial charge in [-0.1, -0.05) is 19.1 Å². The molecule has 0 aliphatic carbocycles. The van der Waals surface area contributed by atoms with Crippen LogP contribution >= 0.6 is 0 Å². The van der Waals surface area contributed by atoms with Crippen molar-refractivity contribution < 1.29 is 9.90 Å². The molecule has 1 fully saturated rings. The molecule has 1 aliphatic heterocycles. The Bertz CT molecular complexity index is 448. The number of carbonyl (C=O) groups is 1. The van der Waals surface area contributed by atoms with Crippen molar-refractivity contribution in [1.29, 1.82) is 0 Å². The summed E-state index contributed by atoms with van der Waals surface area (Å²) in [7, 11) is 0. The van der Waals surface area contributed by atoms with Gasteiger partial charge in [0.2, 0.25) is 5.91 Å². The predicted molar refractivity (Wildman–Crippen MR) is 74.9 cm³/mol. The first kappa shape index (κ1) is 13.9. The highest BCUT2D eigenvalue weighted by Crippen LogP contribution is 2.19. The zero-order valence-corrected chi connectivity index (χ0v) is 11.5. The van der Waals surface area contributed by atoms with E-state index in [0.717, 1.165) is 24.9 Å². The predicted octanol–water partition coefficient (Wildman–Crippen LogP) is 1.96. The molecule has 0 aromatic heterocycles. The van der Waals surface area contributed by atoms with E-state index in [9.17, 15) is 9.90 Å². The van der Waals surface area contributed by atoms with Crippen LogP contribution in [0.25, 0.3) is 0 Å². The van der Waals surface area contributed by atoms with Gasteiger partial charge in [0.15, 0.2) is 0 Å². The first-order valence-electron chi connectivity index (χ1n) is 6.89. The Balaban J connectivity index is 1.94. The van der Waals surface area contributed by atoms with Gasteiger partial charge in [0.1, 0.15) is 5.75 Å². The fraction of sp³-hybridized carbons (Fsp3) is 0.533. The third-order valence-corrected chi connectivity index (χ3v) is 3.71. The molecule has 3 atom stereocenters. The molecule has 4 nitrogen and oxygen atoms in total. The minimum Gasteiger partial charge on any atom is -0.508 e. The lowest BCUT2D eigenvalue weighted by molar-refractivity contribution is -0.124. The van der Waals surface area contributed by atoms with E-state index in [0.29, 0.717) is 5.92 Å². The molecule has 1 heterocycles. The van der Waals surface area contributed by atoms with Crippen molar-refractivity contribution in [2.75, 3.05) is 6.54 Å². The van der Waals surface area contributed by atoms with E-state index in [1.54, 1.807) is 18.2 Å². The Labute approximate surface area is 114 Å². The van der Waals surface area contributed by atoms with Gasteiger partial charge in [-0.05, 0) is 49.9 Å². The molecule has 1 aromatic rings. The van der Waals surface area contributed by atoms with Crippen molar-refractivity contribution in [1.82, 2.24) is 10.6 Å². The highest BCUT2D eigenvalue weighted by Gasteiger charge is 2.25. The van der Waals surface area contributed by atoms with E-state index in [2.05, 4.69) is 17.6 Å². The summed E-state index contributed by atoms with van der Waals surface area (Å²) in [6.45, 7) is 5.01. The van der Waals surface area contributed by atoms with Crippen LogP contribution in [-0.4, -0.2) is 23.6 Å². The van der Waals surface area contributed by atoms with Crippen molar-refractivity contribution in [3.8, 4) is 5.75 Å². The Morgan fingerprint density at radius 3 is 3.00 bits per heavy atom. The Morgan fingerprint density at radius 1 is 1.53 bits per heavy atom. The number of nitrogens with one attached hydrogen (secondary N) is 2. The summed E-state index contributed by atoms with van der Waals surface area (Å²) in [5.41, 5.74) is 0.914. The van der Waals surface area contributed by atoms with Gasteiger partial charge in [-0.3, -0.25) is 4.79 Å². The van der Waals surface area contributed by atoms with E-state index >= 15 is 0 Å². The fourth-order valence-electron chi connectivity index (χ4n) is 2.50. The van der Waals surface area contributed by atoms with Gasteiger partial charge in [0.25, 0.3) is 0 Å². The largest absolute Gasteiger partial charge is 0.508 e. The summed E-state index contributed by atoms with van der Waals surface area (Å²) in [5, 5.41) is 15.7. The summed E-state index contributed by atoms with van der Waals surface area (Å²) in [6.07, 6.45) is 2.02. The molecule has 104 valence electrons. The van der Waals surface area contributed by atoms with Crippen molar-refractivity contribution in [3.63, 3.8) is 0 Å². The number of phenolic OH excluding ortho intramolecular Hbond substituents is 1. The second kappa shape index (κ2) is 6.06. The molecule has 2 rings (SSSR count). The number of aromatic hydroxyl groups is 1. The van der Waals surface area contributed by atoms with Crippen molar-refractivity contribution in [2.45, 2.75) is 38.8 Å². The molecule has 3 N–H and O–H groups in total. The van der Waals surface area contributed by atoms with Gasteiger partial charge in [0, 0.05) is 0 Å². The lowest BCUT2D eigenvalue weighted by Gasteiger charge is -2.28. The van der Waals surface area contributed by atoms with Gasteiger partial charge in [-0.15, -0.1) is 0 Å². The molecule has 4 heteroatoms. The molecule has 1 aliphatic rings. The van der Waals surface area contributed by atoms with Crippen LogP contribution in [-0.2, 0) is 4.79 Å². The third kappa shape index (κ3) is 3.70. The van der Waals surface area contributed by atoms with Crippen LogP contribution < -0.4 is 10.6 Å². The van der Waals surface area contributed by atoms with Crippen LogP contribution in [0.15, 0.2) is 24.3 Å². The maximum atomic E-state index is 12.2. The standard InChI is InChI=1S/C15H22N2O2/c1-10-6-7-16-14(8-10)15(19)17-11(2)12-4-3-5-13(18)9-12/h3-5,9-11,14,16,18H,6-8H2,1-2H3,(H,17,19). The smallest absolute Gasteiger partial charge is 0.237 e. The zero-order chi connectivity index (χ0) is 13.8. The highest BCUT2D eigenvalue weighted by molar-refractivity contribution is 5.82. The maximum absolute atomic E-state index is 12.2. The molecule has 0 spiro atoms. The molecule has 0 saturated carbocycles. The summed E-state index contributed by atoms with van der Waals surface area (Å²) in [6, 6.07) is 6.81. The minimum atomic E-state index is -0.0985. The quantitative estimate of drug-likeness (QED) is 0.780. The zero-order valence-electron chi connectivity index (χ0n) is 11.5. The molecule has 1 aromatic carbocycles. The maximum Gasteiger partial charge on any atom is 0.237 e. The Kier molecular flexibility index (Phi) is 4.43. The van der Waals surface area contributed by atoms with Crippen LogP contribution in [0.4, 0.5) is 0 Å². The summed E-state index contributed by atoms with van der Waals surface area (Å²) in [5.74, 6) is 0.860. The number of hydrogen-bond donors (Lipinski definition) is 3. The van der Waals surface area contributed by atoms with E-state index in [1.807, 2.05) is 13.0 Å². The Hall–Kier alpha value is -1.55. The molecule has 19 heavy (non-hydrogen) atoms. The minimum absolute atomic E-state index is 0.0439. The van der Waals surface area contributed by atoms with Gasteiger partial charge in [-0.2, -0.15) is 0 Å². The SMILES string of the molecule is CC1CCNC(C(=O)NC(C)c2cccc(O)c2)C1. The van der Waals surface area contributed by atoms with E-state index in [-0.39, 0.29) is 23.7 Å². The normalized spacial score (nSPS) is 24.7. The highest BCUT2D eigenvalue weighted by atomic mass is 16.3. The second-order valence-electron chi connectivity index (χ2n) is 5.46. The van der Waals surface area contributed by atoms with Crippen molar-refractivity contribution >= 4 is 5.91 Å². The van der Waals surface area contributed by atoms with Gasteiger partial charge in [0.05, 0.1) is 12.1 Å². The van der Waals surface area contributed by atoms with Crippen molar-refractivity contribution in [3.05, 3.63) is 29.8 Å². The number of phenols is 1. The Morgan fingerprint density at radius 2 is 2.32 bits per heavy atom. The molecule has 0 radical (unpaired) electrons.